The lowest BCUT2D eigenvalue weighted by atomic mass is 10.2. The summed E-state index contributed by atoms with van der Waals surface area (Å²) in [7, 11) is 0. The summed E-state index contributed by atoms with van der Waals surface area (Å²) in [6.45, 7) is 4.62. The molecule has 1 saturated heterocycles. The van der Waals surface area contributed by atoms with Crippen LogP contribution >= 0.6 is 0 Å². The molecule has 0 aliphatic carbocycles. The molecule has 1 aliphatic rings. The monoisotopic (exact) mass is 343 g/mol. The first-order valence-corrected chi connectivity index (χ1v) is 8.06. The van der Waals surface area contributed by atoms with Crippen molar-refractivity contribution in [3.8, 4) is 5.82 Å². The van der Waals surface area contributed by atoms with Crippen molar-refractivity contribution in [3.05, 3.63) is 29.8 Å². The molecule has 0 bridgehead atoms. The zero-order valence-corrected chi connectivity index (χ0v) is 13.8. The molecule has 3 aromatic heterocycles. The van der Waals surface area contributed by atoms with Gasteiger partial charge in [-0.1, -0.05) is 19.0 Å². The van der Waals surface area contributed by atoms with Crippen LogP contribution < -0.4 is 0 Å². The molecule has 1 N–H and O–H groups in total. The lowest BCUT2D eigenvalue weighted by Crippen LogP contribution is -2.31. The van der Waals surface area contributed by atoms with Gasteiger partial charge in [-0.15, -0.1) is 5.10 Å². The van der Waals surface area contributed by atoms with Crippen LogP contribution in [0.2, 0.25) is 0 Å². The molecule has 1 atom stereocenters. The van der Waals surface area contributed by atoms with Crippen molar-refractivity contribution in [3.63, 3.8) is 0 Å². The molecule has 11 nitrogen and oxygen atoms in total. The summed E-state index contributed by atoms with van der Waals surface area (Å²) >= 11 is 0. The van der Waals surface area contributed by atoms with Gasteiger partial charge in [-0.2, -0.15) is 14.8 Å². The molecular formula is C14H17N9O2. The van der Waals surface area contributed by atoms with Crippen LogP contribution in [0.1, 0.15) is 60.9 Å². The standard InChI is InChI=1S/C14H17N9O2/c1-8(2)12-16-13(25-19-12)10-4-3-5-22(10)14(24)9-6-11(18-17-9)23-7-15-20-21-23/h6-8,10H,3-5H2,1-2H3,(H,17,18)/t10-/m0/s1. The summed E-state index contributed by atoms with van der Waals surface area (Å²) in [5, 5.41) is 21.7. The van der Waals surface area contributed by atoms with E-state index in [-0.39, 0.29) is 17.9 Å². The van der Waals surface area contributed by atoms with E-state index in [9.17, 15) is 4.79 Å². The van der Waals surface area contributed by atoms with E-state index in [0.717, 1.165) is 12.8 Å². The number of H-pyrrole nitrogens is 1. The topological polar surface area (TPSA) is 132 Å². The smallest absolute Gasteiger partial charge is 0.272 e. The normalized spacial score (nSPS) is 17.6. The first-order valence-electron chi connectivity index (χ1n) is 8.06. The highest BCUT2D eigenvalue weighted by molar-refractivity contribution is 5.93. The molecule has 1 aliphatic heterocycles. The van der Waals surface area contributed by atoms with Crippen LogP contribution in [0, 0.1) is 0 Å². The Morgan fingerprint density at radius 1 is 1.44 bits per heavy atom. The minimum atomic E-state index is -0.215. The van der Waals surface area contributed by atoms with Crippen LogP contribution in [-0.2, 0) is 0 Å². The summed E-state index contributed by atoms with van der Waals surface area (Å²) in [5.41, 5.74) is 0.362. The van der Waals surface area contributed by atoms with Gasteiger partial charge in [-0.05, 0) is 23.3 Å². The molecule has 1 fully saturated rings. The third kappa shape index (κ3) is 2.77. The maximum absolute atomic E-state index is 12.9. The SMILES string of the molecule is CC(C)c1noc([C@@H]2CCCN2C(=O)c2cc(-n3cnnn3)n[nH]2)n1. The molecule has 4 rings (SSSR count). The van der Waals surface area contributed by atoms with Crippen LogP contribution in [0.15, 0.2) is 16.9 Å². The van der Waals surface area contributed by atoms with Crippen molar-refractivity contribution in [1.82, 2.24) is 45.4 Å². The highest BCUT2D eigenvalue weighted by Crippen LogP contribution is 2.32. The van der Waals surface area contributed by atoms with E-state index in [1.165, 1.54) is 11.0 Å². The van der Waals surface area contributed by atoms with E-state index in [2.05, 4.69) is 35.9 Å². The molecule has 130 valence electrons. The average Bonchev–Trinajstić information content (AvgIpc) is 3.41. The third-order valence-electron chi connectivity index (χ3n) is 4.15. The molecule has 0 spiro atoms. The number of likely N-dealkylation sites (tertiary alicyclic amines) is 1. The molecule has 1 amide bonds. The summed E-state index contributed by atoms with van der Waals surface area (Å²) in [5.74, 6) is 1.59. The van der Waals surface area contributed by atoms with Crippen molar-refractivity contribution < 1.29 is 9.32 Å². The van der Waals surface area contributed by atoms with Crippen molar-refractivity contribution in [2.24, 2.45) is 0 Å². The Morgan fingerprint density at radius 2 is 2.32 bits per heavy atom. The Labute approximate surface area is 142 Å². The van der Waals surface area contributed by atoms with Gasteiger partial charge in [-0.25, -0.2) is 0 Å². The Hall–Kier alpha value is -3.11. The van der Waals surface area contributed by atoms with Gasteiger partial charge >= 0.3 is 0 Å². The van der Waals surface area contributed by atoms with Crippen LogP contribution in [0.5, 0.6) is 0 Å². The average molecular weight is 343 g/mol. The number of carbonyl (C=O) groups is 1. The molecule has 11 heteroatoms. The van der Waals surface area contributed by atoms with Crippen molar-refractivity contribution in [2.45, 2.75) is 38.6 Å². The van der Waals surface area contributed by atoms with Crippen LogP contribution in [0.25, 0.3) is 5.82 Å². The minimum absolute atomic E-state index is 0.168. The molecule has 3 aromatic rings. The predicted octanol–water partition coefficient (Wildman–Crippen LogP) is 0.869. The van der Waals surface area contributed by atoms with Crippen LogP contribution in [0.4, 0.5) is 0 Å². The number of nitrogens with one attached hydrogen (secondary N) is 1. The first kappa shape index (κ1) is 15.4. The number of hydrogen-bond acceptors (Lipinski definition) is 8. The van der Waals surface area contributed by atoms with E-state index < -0.39 is 0 Å². The maximum atomic E-state index is 12.9. The van der Waals surface area contributed by atoms with Gasteiger partial charge in [0.2, 0.25) is 5.89 Å². The number of aromatic amines is 1. The summed E-state index contributed by atoms with van der Waals surface area (Å²) in [6.07, 6.45) is 3.08. The molecule has 4 heterocycles. The van der Waals surface area contributed by atoms with Gasteiger partial charge in [0.05, 0.1) is 0 Å². The van der Waals surface area contributed by atoms with E-state index in [1.54, 1.807) is 11.0 Å². The fraction of sp³-hybridized carbons (Fsp3) is 0.500. The number of carbonyl (C=O) groups excluding carboxylic acids is 1. The largest absolute Gasteiger partial charge is 0.337 e. The zero-order valence-electron chi connectivity index (χ0n) is 13.8. The molecular weight excluding hydrogens is 326 g/mol. The van der Waals surface area contributed by atoms with E-state index in [1.807, 2.05) is 13.8 Å². The van der Waals surface area contributed by atoms with E-state index in [4.69, 9.17) is 4.52 Å². The van der Waals surface area contributed by atoms with Gasteiger partial charge in [-0.3, -0.25) is 9.89 Å². The van der Waals surface area contributed by atoms with E-state index >= 15 is 0 Å². The zero-order chi connectivity index (χ0) is 17.4. The highest BCUT2D eigenvalue weighted by atomic mass is 16.5. The second-order valence-electron chi connectivity index (χ2n) is 6.20. The first-order chi connectivity index (χ1) is 12.1. The number of amides is 1. The fourth-order valence-electron chi connectivity index (χ4n) is 2.84. The van der Waals surface area contributed by atoms with Gasteiger partial charge in [0, 0.05) is 18.5 Å². The minimum Gasteiger partial charge on any atom is -0.337 e. The number of rotatable bonds is 4. The summed E-state index contributed by atoms with van der Waals surface area (Å²) in [6, 6.07) is 1.40. The van der Waals surface area contributed by atoms with Crippen LogP contribution in [-0.4, -0.2) is 57.9 Å². The molecule has 0 radical (unpaired) electrons. The van der Waals surface area contributed by atoms with Gasteiger partial charge in [0.25, 0.3) is 5.91 Å². The lowest BCUT2D eigenvalue weighted by molar-refractivity contribution is 0.0704. The number of tetrazole rings is 1. The van der Waals surface area contributed by atoms with Gasteiger partial charge in [0.15, 0.2) is 11.6 Å². The summed E-state index contributed by atoms with van der Waals surface area (Å²) in [4.78, 5) is 19.0. The Bertz CT molecular complexity index is 867. The summed E-state index contributed by atoms with van der Waals surface area (Å²) < 4.78 is 6.76. The van der Waals surface area contributed by atoms with E-state index in [0.29, 0.717) is 29.8 Å². The molecule has 25 heavy (non-hydrogen) atoms. The Kier molecular flexibility index (Phi) is 3.75. The lowest BCUT2D eigenvalue weighted by Gasteiger charge is -2.20. The Balaban J connectivity index is 1.56. The molecule has 0 saturated carbocycles. The molecule has 0 unspecified atom stereocenters. The number of aromatic nitrogens is 8. The van der Waals surface area contributed by atoms with Gasteiger partial charge < -0.3 is 9.42 Å². The quantitative estimate of drug-likeness (QED) is 0.738. The second kappa shape index (κ2) is 6.07. The number of nitrogens with zero attached hydrogens (tertiary/aromatic N) is 8. The number of hydrogen-bond donors (Lipinski definition) is 1. The van der Waals surface area contributed by atoms with Crippen molar-refractivity contribution >= 4 is 5.91 Å². The second-order valence-corrected chi connectivity index (χ2v) is 6.20. The fourth-order valence-corrected chi connectivity index (χ4v) is 2.84. The third-order valence-corrected chi connectivity index (χ3v) is 4.15. The Morgan fingerprint density at radius 3 is 3.04 bits per heavy atom. The van der Waals surface area contributed by atoms with Crippen LogP contribution in [0.3, 0.4) is 0 Å². The van der Waals surface area contributed by atoms with Crippen molar-refractivity contribution in [1.29, 1.82) is 0 Å². The predicted molar refractivity (Wildman–Crippen MR) is 82.7 cm³/mol. The highest BCUT2D eigenvalue weighted by Gasteiger charge is 2.35. The van der Waals surface area contributed by atoms with Crippen molar-refractivity contribution in [2.75, 3.05) is 6.54 Å². The van der Waals surface area contributed by atoms with Gasteiger partial charge in [0.1, 0.15) is 18.1 Å². The maximum Gasteiger partial charge on any atom is 0.272 e. The molecule has 0 aromatic carbocycles.